The molecule has 0 aromatic heterocycles. The fourth-order valence-corrected chi connectivity index (χ4v) is 7.45. The number of hydrogen-bond donors (Lipinski definition) is 2. The predicted octanol–water partition coefficient (Wildman–Crippen LogP) is 3.59. The van der Waals surface area contributed by atoms with Gasteiger partial charge in [-0.2, -0.15) is 0 Å². The van der Waals surface area contributed by atoms with E-state index in [-0.39, 0.29) is 25.8 Å². The molecule has 6 heterocycles. The first-order valence-corrected chi connectivity index (χ1v) is 18.6. The van der Waals surface area contributed by atoms with Gasteiger partial charge in [-0.15, -0.1) is 0 Å². The molecule has 2 aromatic carbocycles. The van der Waals surface area contributed by atoms with E-state index in [1.54, 1.807) is 28.4 Å². The molecular weight excluding hydrogens is 736 g/mol. The molecule has 0 bridgehead atoms. The zero-order chi connectivity index (χ0) is 39.6. The van der Waals surface area contributed by atoms with Gasteiger partial charge in [0, 0.05) is 49.9 Å². The first-order valence-electron chi connectivity index (χ1n) is 18.6. The lowest BCUT2D eigenvalue weighted by atomic mass is 10.0. The van der Waals surface area contributed by atoms with E-state index >= 15 is 0 Å². The lowest BCUT2D eigenvalue weighted by molar-refractivity contribution is -0.159. The maximum atomic E-state index is 9.10. The van der Waals surface area contributed by atoms with Crippen LogP contribution in [0.1, 0.15) is 49.7 Å². The molecule has 0 aliphatic carbocycles. The van der Waals surface area contributed by atoms with Gasteiger partial charge in [0.1, 0.15) is 12.2 Å². The number of carboxylic acid groups (broad SMARTS) is 2. The van der Waals surface area contributed by atoms with Crippen molar-refractivity contribution in [1.82, 2.24) is 9.80 Å². The summed E-state index contributed by atoms with van der Waals surface area (Å²) in [6.45, 7) is 6.83. The number of fused-ring (bicyclic) bond motifs is 2. The van der Waals surface area contributed by atoms with Gasteiger partial charge in [0.25, 0.3) is 0 Å². The molecule has 2 unspecified atom stereocenters. The van der Waals surface area contributed by atoms with Crippen LogP contribution in [-0.2, 0) is 32.1 Å². The van der Waals surface area contributed by atoms with Crippen molar-refractivity contribution in [2.75, 3.05) is 81.3 Å². The molecule has 306 valence electrons. The molecule has 2 atom stereocenters. The SMILES string of the molecule is COc1cc(CC2CC(CN3CCCC3)=NO2)c(OC)c2c1OCO2.COc1cc(CC2CC(CN3CCCC3)=NO2)c(OC)c2c1OCO2.O=C(O)C(=O)O. The third kappa shape index (κ3) is 9.71. The quantitative estimate of drug-likeness (QED) is 0.296. The van der Waals surface area contributed by atoms with Gasteiger partial charge in [-0.1, -0.05) is 10.3 Å². The Balaban J connectivity index is 0.000000166. The number of aliphatic carboxylic acids is 2. The van der Waals surface area contributed by atoms with Crippen LogP contribution in [0.15, 0.2) is 22.4 Å². The summed E-state index contributed by atoms with van der Waals surface area (Å²) in [6.07, 6.45) is 8.21. The predicted molar refractivity (Wildman–Crippen MR) is 199 cm³/mol. The van der Waals surface area contributed by atoms with Gasteiger partial charge < -0.3 is 57.8 Å². The third-order valence-corrected chi connectivity index (χ3v) is 10.0. The van der Waals surface area contributed by atoms with E-state index in [0.29, 0.717) is 58.8 Å². The minimum absolute atomic E-state index is 0.0107. The minimum atomic E-state index is -1.82. The molecule has 2 aromatic rings. The number of ether oxygens (including phenoxy) is 8. The van der Waals surface area contributed by atoms with Gasteiger partial charge >= 0.3 is 11.9 Å². The van der Waals surface area contributed by atoms with E-state index in [1.165, 1.54) is 25.7 Å². The van der Waals surface area contributed by atoms with Gasteiger partial charge in [-0.25, -0.2) is 9.59 Å². The number of carbonyl (C=O) groups is 2. The highest BCUT2D eigenvalue weighted by Crippen LogP contribution is 2.51. The first kappa shape index (κ1) is 40.3. The van der Waals surface area contributed by atoms with Gasteiger partial charge in [0.15, 0.2) is 23.0 Å². The molecule has 2 N–H and O–H groups in total. The molecule has 8 rings (SSSR count). The molecule has 0 radical (unpaired) electrons. The molecule has 2 fully saturated rings. The van der Waals surface area contributed by atoms with Crippen LogP contribution in [0.5, 0.6) is 46.0 Å². The number of nitrogens with zero attached hydrogens (tertiary/aromatic N) is 4. The molecule has 2 saturated heterocycles. The second kappa shape index (κ2) is 19.0. The summed E-state index contributed by atoms with van der Waals surface area (Å²) in [7, 11) is 6.52. The van der Waals surface area contributed by atoms with E-state index in [0.717, 1.165) is 74.7 Å². The van der Waals surface area contributed by atoms with Crippen molar-refractivity contribution in [3.8, 4) is 46.0 Å². The standard InChI is InChI=1S/2C18H24N2O5.C2H2O4/c2*1-21-15-8-12(16(22-2)18-17(15)23-11-24-18)7-14-9-13(19-25-14)10-20-5-3-4-6-20;3-1(4)2(5)6/h2*8,14H,3-7,9-11H2,1-2H3;(H,3,4)(H,5,6). The zero-order valence-corrected chi connectivity index (χ0v) is 32.2. The maximum absolute atomic E-state index is 9.10. The van der Waals surface area contributed by atoms with Gasteiger partial charge in [-0.3, -0.25) is 9.80 Å². The zero-order valence-electron chi connectivity index (χ0n) is 32.2. The van der Waals surface area contributed by atoms with Crippen LogP contribution in [-0.4, -0.2) is 137 Å². The highest BCUT2D eigenvalue weighted by atomic mass is 16.7. The van der Waals surface area contributed by atoms with Crippen molar-refractivity contribution in [1.29, 1.82) is 0 Å². The Bertz CT molecular complexity index is 1650. The van der Waals surface area contributed by atoms with Crippen LogP contribution >= 0.6 is 0 Å². The Morgan fingerprint density at radius 1 is 0.625 bits per heavy atom. The minimum Gasteiger partial charge on any atom is -0.493 e. The monoisotopic (exact) mass is 786 g/mol. The van der Waals surface area contributed by atoms with Crippen LogP contribution < -0.4 is 37.9 Å². The Morgan fingerprint density at radius 2 is 1.00 bits per heavy atom. The summed E-state index contributed by atoms with van der Waals surface area (Å²) < 4.78 is 44.1. The van der Waals surface area contributed by atoms with Crippen molar-refractivity contribution in [2.24, 2.45) is 10.3 Å². The molecule has 0 amide bonds. The summed E-state index contributed by atoms with van der Waals surface area (Å²) in [6, 6.07) is 3.88. The highest BCUT2D eigenvalue weighted by molar-refractivity contribution is 6.27. The van der Waals surface area contributed by atoms with Crippen LogP contribution in [0.3, 0.4) is 0 Å². The fourth-order valence-electron chi connectivity index (χ4n) is 7.45. The molecule has 18 nitrogen and oxygen atoms in total. The normalized spacial score (nSPS) is 20.4. The third-order valence-electron chi connectivity index (χ3n) is 10.0. The van der Waals surface area contributed by atoms with E-state index in [2.05, 4.69) is 20.1 Å². The lowest BCUT2D eigenvalue weighted by Crippen LogP contribution is -2.27. The van der Waals surface area contributed by atoms with Crippen LogP contribution in [0, 0.1) is 0 Å². The molecule has 6 aliphatic rings. The first-order chi connectivity index (χ1) is 27.2. The molecule has 0 saturated carbocycles. The number of likely N-dealkylation sites (tertiary alicyclic amines) is 2. The van der Waals surface area contributed by atoms with Crippen molar-refractivity contribution in [3.63, 3.8) is 0 Å². The number of oxime groups is 2. The molecule has 6 aliphatic heterocycles. The summed E-state index contributed by atoms with van der Waals surface area (Å²) in [4.78, 5) is 34.4. The molecular formula is C38H50N4O14. The second-order valence-electron chi connectivity index (χ2n) is 13.8. The van der Waals surface area contributed by atoms with Crippen LogP contribution in [0.2, 0.25) is 0 Å². The van der Waals surface area contributed by atoms with Gasteiger partial charge in [-0.05, 0) is 64.0 Å². The topological polar surface area (TPSA) is 198 Å². The molecule has 56 heavy (non-hydrogen) atoms. The van der Waals surface area contributed by atoms with E-state index in [1.807, 2.05) is 12.1 Å². The van der Waals surface area contributed by atoms with Crippen LogP contribution in [0.4, 0.5) is 0 Å². The van der Waals surface area contributed by atoms with Crippen molar-refractivity contribution in [3.05, 3.63) is 23.3 Å². The summed E-state index contributed by atoms with van der Waals surface area (Å²) in [5.74, 6) is 1.43. The summed E-state index contributed by atoms with van der Waals surface area (Å²) >= 11 is 0. The molecule has 0 spiro atoms. The largest absolute Gasteiger partial charge is 0.493 e. The summed E-state index contributed by atoms with van der Waals surface area (Å²) in [5.41, 5.74) is 4.20. The number of methoxy groups -OCH3 is 4. The highest BCUT2D eigenvalue weighted by Gasteiger charge is 2.32. The van der Waals surface area contributed by atoms with E-state index in [4.69, 9.17) is 67.4 Å². The number of hydrogen-bond acceptors (Lipinski definition) is 16. The Labute approximate surface area is 324 Å². The maximum Gasteiger partial charge on any atom is 0.414 e. The number of rotatable bonds is 12. The Hall–Kier alpha value is -5.36. The molecule has 18 heteroatoms. The fraction of sp³-hybridized carbons (Fsp3) is 0.579. The van der Waals surface area contributed by atoms with Crippen molar-refractivity contribution in [2.45, 2.75) is 63.6 Å². The van der Waals surface area contributed by atoms with Crippen molar-refractivity contribution < 1.29 is 67.4 Å². The number of benzene rings is 2. The second-order valence-corrected chi connectivity index (χ2v) is 13.8. The van der Waals surface area contributed by atoms with Gasteiger partial charge in [0.05, 0.1) is 39.9 Å². The summed E-state index contributed by atoms with van der Waals surface area (Å²) in [5, 5.41) is 23.4. The smallest absolute Gasteiger partial charge is 0.414 e. The van der Waals surface area contributed by atoms with Gasteiger partial charge in [0.2, 0.25) is 36.6 Å². The van der Waals surface area contributed by atoms with Crippen molar-refractivity contribution >= 4 is 23.4 Å². The average molecular weight is 787 g/mol. The Morgan fingerprint density at radius 3 is 1.34 bits per heavy atom. The Kier molecular flexibility index (Phi) is 13.7. The van der Waals surface area contributed by atoms with Crippen LogP contribution in [0.25, 0.3) is 0 Å². The van der Waals surface area contributed by atoms with E-state index in [9.17, 15) is 0 Å². The van der Waals surface area contributed by atoms with E-state index < -0.39 is 11.9 Å². The number of carboxylic acids is 2. The lowest BCUT2D eigenvalue weighted by Gasteiger charge is -2.16. The average Bonchev–Trinajstić information content (AvgIpc) is 4.05.